The number of nitrogens with zero attached hydrogens (tertiary/aromatic N) is 1. The van der Waals surface area contributed by atoms with Gasteiger partial charge in [0.05, 0.1) is 11.9 Å². The summed E-state index contributed by atoms with van der Waals surface area (Å²) >= 11 is 0. The van der Waals surface area contributed by atoms with E-state index in [9.17, 15) is 4.79 Å². The van der Waals surface area contributed by atoms with Gasteiger partial charge in [0.15, 0.2) is 0 Å². The zero-order valence-corrected chi connectivity index (χ0v) is 12.2. The summed E-state index contributed by atoms with van der Waals surface area (Å²) in [6.45, 7) is 8.03. The van der Waals surface area contributed by atoms with E-state index < -0.39 is 0 Å². The smallest absolute Gasteiger partial charge is 0.269 e. The molecule has 1 amide bonds. The second-order valence-corrected chi connectivity index (χ2v) is 5.11. The average Bonchev–Trinajstić information content (AvgIpc) is 2.39. The summed E-state index contributed by atoms with van der Waals surface area (Å²) in [5.74, 6) is 0.642. The first-order valence-corrected chi connectivity index (χ1v) is 7.11. The first-order valence-electron chi connectivity index (χ1n) is 7.11. The van der Waals surface area contributed by atoms with Crippen LogP contribution in [0.15, 0.2) is 18.3 Å². The van der Waals surface area contributed by atoms with Crippen LogP contribution in [-0.4, -0.2) is 24.0 Å². The van der Waals surface area contributed by atoms with Crippen LogP contribution in [0.25, 0.3) is 0 Å². The predicted molar refractivity (Wildman–Crippen MR) is 79.4 cm³/mol. The number of pyridine rings is 1. The van der Waals surface area contributed by atoms with Crippen molar-refractivity contribution in [3.8, 4) is 0 Å². The molecule has 1 heterocycles. The molecule has 0 fully saturated rings. The zero-order valence-electron chi connectivity index (χ0n) is 12.2. The van der Waals surface area contributed by atoms with E-state index in [2.05, 4.69) is 29.5 Å². The molecular formula is C15H25N3O. The lowest BCUT2D eigenvalue weighted by atomic mass is 10.1. The fraction of sp³-hybridized carbons (Fsp3) is 0.600. The predicted octanol–water partition coefficient (Wildman–Crippen LogP) is 3.07. The molecule has 1 rings (SSSR count). The van der Waals surface area contributed by atoms with Gasteiger partial charge in [-0.15, -0.1) is 0 Å². The lowest BCUT2D eigenvalue weighted by Gasteiger charge is -2.07. The molecule has 0 bridgehead atoms. The molecule has 0 unspecified atom stereocenters. The van der Waals surface area contributed by atoms with E-state index in [1.807, 2.05) is 13.0 Å². The number of unbranched alkanes of at least 4 members (excludes halogenated alkanes) is 1. The molecule has 4 heteroatoms. The van der Waals surface area contributed by atoms with Crippen LogP contribution in [0.2, 0.25) is 0 Å². The third-order valence-electron chi connectivity index (χ3n) is 2.87. The second kappa shape index (κ2) is 8.51. The second-order valence-electron chi connectivity index (χ2n) is 5.11. The van der Waals surface area contributed by atoms with Gasteiger partial charge in [0.25, 0.3) is 5.91 Å². The molecule has 0 aromatic carbocycles. The minimum atomic E-state index is -0.0902. The summed E-state index contributed by atoms with van der Waals surface area (Å²) in [6, 6.07) is 3.63. The van der Waals surface area contributed by atoms with E-state index >= 15 is 0 Å². The van der Waals surface area contributed by atoms with Gasteiger partial charge < -0.3 is 10.6 Å². The molecule has 0 saturated carbocycles. The summed E-state index contributed by atoms with van der Waals surface area (Å²) in [4.78, 5) is 16.0. The number of nitrogens with one attached hydrogen (secondary N) is 2. The molecule has 0 radical (unpaired) electrons. The van der Waals surface area contributed by atoms with Crippen LogP contribution in [0.5, 0.6) is 0 Å². The Morgan fingerprint density at radius 1 is 1.32 bits per heavy atom. The van der Waals surface area contributed by atoms with Gasteiger partial charge in [0.1, 0.15) is 5.69 Å². The summed E-state index contributed by atoms with van der Waals surface area (Å²) < 4.78 is 0. The Labute approximate surface area is 116 Å². The van der Waals surface area contributed by atoms with Crippen LogP contribution in [0, 0.1) is 5.92 Å². The largest absolute Gasteiger partial charge is 0.384 e. The van der Waals surface area contributed by atoms with Crippen molar-refractivity contribution in [3.63, 3.8) is 0 Å². The van der Waals surface area contributed by atoms with E-state index in [-0.39, 0.29) is 5.91 Å². The number of hydrogen-bond donors (Lipinski definition) is 2. The average molecular weight is 263 g/mol. The van der Waals surface area contributed by atoms with Crippen molar-refractivity contribution in [2.45, 2.75) is 40.0 Å². The molecule has 0 aliphatic rings. The van der Waals surface area contributed by atoms with E-state index in [0.717, 1.165) is 37.5 Å². The lowest BCUT2D eigenvalue weighted by molar-refractivity contribution is 0.0948. The molecule has 1 aromatic heterocycles. The summed E-state index contributed by atoms with van der Waals surface area (Å²) in [7, 11) is 0. The highest BCUT2D eigenvalue weighted by atomic mass is 16.1. The standard InChI is InChI=1S/C15H25N3O/c1-4-16-13-8-9-14(18-11-13)15(19)17-10-6-5-7-12(2)3/h8-9,11-12,16H,4-7,10H2,1-3H3,(H,17,19). The molecular weight excluding hydrogens is 238 g/mol. The van der Waals surface area contributed by atoms with Gasteiger partial charge in [-0.2, -0.15) is 0 Å². The number of anilines is 1. The summed E-state index contributed by atoms with van der Waals surface area (Å²) in [5, 5.41) is 6.05. The Balaban J connectivity index is 2.29. The van der Waals surface area contributed by atoms with Crippen molar-refractivity contribution in [1.29, 1.82) is 0 Å². The van der Waals surface area contributed by atoms with Gasteiger partial charge >= 0.3 is 0 Å². The van der Waals surface area contributed by atoms with Crippen LogP contribution in [0.3, 0.4) is 0 Å². The van der Waals surface area contributed by atoms with Crippen LogP contribution >= 0.6 is 0 Å². The zero-order chi connectivity index (χ0) is 14.1. The molecule has 0 aliphatic carbocycles. The fourth-order valence-corrected chi connectivity index (χ4v) is 1.81. The van der Waals surface area contributed by atoms with Crippen LogP contribution in [0.4, 0.5) is 5.69 Å². The number of carbonyl (C=O) groups excluding carboxylic acids is 1. The lowest BCUT2D eigenvalue weighted by Crippen LogP contribution is -2.25. The van der Waals surface area contributed by atoms with Gasteiger partial charge in [-0.3, -0.25) is 4.79 Å². The number of rotatable bonds is 8. The molecule has 106 valence electrons. The molecule has 0 saturated heterocycles. The van der Waals surface area contributed by atoms with Crippen LogP contribution < -0.4 is 10.6 Å². The highest BCUT2D eigenvalue weighted by Gasteiger charge is 2.06. The highest BCUT2D eigenvalue weighted by Crippen LogP contribution is 2.07. The first kappa shape index (κ1) is 15.5. The minimum Gasteiger partial charge on any atom is -0.384 e. The number of amides is 1. The SMILES string of the molecule is CCNc1ccc(C(=O)NCCCCC(C)C)nc1. The van der Waals surface area contributed by atoms with Gasteiger partial charge in [-0.25, -0.2) is 4.98 Å². The van der Waals surface area contributed by atoms with Gasteiger partial charge in [0.2, 0.25) is 0 Å². The molecule has 19 heavy (non-hydrogen) atoms. The first-order chi connectivity index (χ1) is 9.13. The maximum Gasteiger partial charge on any atom is 0.269 e. The molecule has 0 atom stereocenters. The topological polar surface area (TPSA) is 54.0 Å². The van der Waals surface area contributed by atoms with Crippen molar-refractivity contribution in [2.24, 2.45) is 5.92 Å². The van der Waals surface area contributed by atoms with E-state index in [0.29, 0.717) is 5.69 Å². The fourth-order valence-electron chi connectivity index (χ4n) is 1.81. The summed E-state index contributed by atoms with van der Waals surface area (Å²) in [6.07, 6.45) is 5.09. The van der Waals surface area contributed by atoms with Crippen molar-refractivity contribution in [1.82, 2.24) is 10.3 Å². The quantitative estimate of drug-likeness (QED) is 0.709. The maximum atomic E-state index is 11.8. The normalized spacial score (nSPS) is 10.5. The van der Waals surface area contributed by atoms with Crippen molar-refractivity contribution in [3.05, 3.63) is 24.0 Å². The van der Waals surface area contributed by atoms with E-state index in [1.165, 1.54) is 6.42 Å². The third-order valence-corrected chi connectivity index (χ3v) is 2.87. The molecule has 2 N–H and O–H groups in total. The third kappa shape index (κ3) is 6.22. The van der Waals surface area contributed by atoms with Crippen LogP contribution in [-0.2, 0) is 0 Å². The minimum absolute atomic E-state index is 0.0902. The Hall–Kier alpha value is -1.58. The van der Waals surface area contributed by atoms with Gasteiger partial charge in [-0.05, 0) is 31.4 Å². The Bertz CT molecular complexity index is 373. The van der Waals surface area contributed by atoms with Crippen molar-refractivity contribution >= 4 is 11.6 Å². The highest BCUT2D eigenvalue weighted by molar-refractivity contribution is 5.92. The molecule has 0 spiro atoms. The van der Waals surface area contributed by atoms with Crippen molar-refractivity contribution in [2.75, 3.05) is 18.4 Å². The monoisotopic (exact) mass is 263 g/mol. The van der Waals surface area contributed by atoms with E-state index in [1.54, 1.807) is 12.3 Å². The summed E-state index contributed by atoms with van der Waals surface area (Å²) in [5.41, 5.74) is 1.42. The number of carbonyl (C=O) groups is 1. The van der Waals surface area contributed by atoms with Gasteiger partial charge in [-0.1, -0.05) is 26.7 Å². The van der Waals surface area contributed by atoms with Crippen molar-refractivity contribution < 1.29 is 4.79 Å². The Morgan fingerprint density at radius 2 is 2.11 bits per heavy atom. The van der Waals surface area contributed by atoms with E-state index in [4.69, 9.17) is 0 Å². The maximum absolute atomic E-state index is 11.8. The molecule has 0 aliphatic heterocycles. The Morgan fingerprint density at radius 3 is 2.68 bits per heavy atom. The Kier molecular flexibility index (Phi) is 6.93. The van der Waals surface area contributed by atoms with Crippen LogP contribution in [0.1, 0.15) is 50.5 Å². The number of aromatic nitrogens is 1. The molecule has 4 nitrogen and oxygen atoms in total. The molecule has 1 aromatic rings. The van der Waals surface area contributed by atoms with Gasteiger partial charge in [0, 0.05) is 13.1 Å². The number of hydrogen-bond acceptors (Lipinski definition) is 3.